The van der Waals surface area contributed by atoms with Crippen LogP contribution in [-0.4, -0.2) is 99.6 Å². The van der Waals surface area contributed by atoms with E-state index in [2.05, 4.69) is 10.3 Å². The number of ether oxygens (including phenoxy) is 1. The van der Waals surface area contributed by atoms with Gasteiger partial charge in [-0.2, -0.15) is 0 Å². The number of piperazine rings is 1. The van der Waals surface area contributed by atoms with Crippen molar-refractivity contribution >= 4 is 46.4 Å². The van der Waals surface area contributed by atoms with Gasteiger partial charge in [0.1, 0.15) is 17.9 Å². The summed E-state index contributed by atoms with van der Waals surface area (Å²) in [6.07, 6.45) is 1.65. The second kappa shape index (κ2) is 11.0. The van der Waals surface area contributed by atoms with Gasteiger partial charge in [-0.3, -0.25) is 14.7 Å². The van der Waals surface area contributed by atoms with Crippen molar-refractivity contribution in [3.05, 3.63) is 63.0 Å². The lowest BCUT2D eigenvalue weighted by atomic mass is 9.91. The fourth-order valence-electron chi connectivity index (χ4n) is 5.43. The number of benzene rings is 1. The van der Waals surface area contributed by atoms with Gasteiger partial charge < -0.3 is 25.0 Å². The van der Waals surface area contributed by atoms with Gasteiger partial charge in [-0.1, -0.05) is 12.1 Å². The zero-order valence-electron chi connectivity index (χ0n) is 21.8. The Labute approximate surface area is 234 Å². The number of carboxylic acid groups (broad SMARTS) is 1. The van der Waals surface area contributed by atoms with Crippen LogP contribution in [0, 0.1) is 12.7 Å². The number of rotatable bonds is 7. The van der Waals surface area contributed by atoms with Crippen LogP contribution in [0.1, 0.15) is 29.1 Å². The third-order valence-electron chi connectivity index (χ3n) is 7.29. The summed E-state index contributed by atoms with van der Waals surface area (Å²) in [6, 6.07) is 2.61. The fourth-order valence-corrected chi connectivity index (χ4v) is 6.32. The molecule has 1 aromatic heterocycles. The van der Waals surface area contributed by atoms with E-state index in [1.807, 2.05) is 27.1 Å². The number of thiocarbonyl (C=S) groups is 1. The average molecular weight is 573 g/mol. The van der Waals surface area contributed by atoms with Crippen LogP contribution in [0.25, 0.3) is 0 Å². The molecule has 13 heteroatoms. The summed E-state index contributed by atoms with van der Waals surface area (Å²) in [6.45, 7) is 5.06. The zero-order chi connectivity index (χ0) is 27.8. The van der Waals surface area contributed by atoms with Crippen molar-refractivity contribution < 1.29 is 23.8 Å². The first-order chi connectivity index (χ1) is 18.7. The number of amidine groups is 1. The molecule has 10 nitrogen and oxygen atoms in total. The number of hydrogen-bond acceptors (Lipinski definition) is 9. The van der Waals surface area contributed by atoms with Crippen molar-refractivity contribution in [2.45, 2.75) is 32.0 Å². The molecule has 1 aromatic carbocycles. The smallest absolute Gasteiger partial charge is 0.338 e. The number of carboxylic acids is 1. The summed E-state index contributed by atoms with van der Waals surface area (Å²) in [5.41, 5.74) is 1.56. The Bertz CT molecular complexity index is 1360. The van der Waals surface area contributed by atoms with Gasteiger partial charge in [-0.15, -0.1) is 11.3 Å². The molecular weight excluding hydrogens is 543 g/mol. The molecular formula is C26H29FN6O4S2. The number of aliphatic carboxylic acids is 1. The number of aromatic nitrogens is 1. The van der Waals surface area contributed by atoms with Crippen LogP contribution in [0.5, 0.6) is 0 Å². The molecule has 39 heavy (non-hydrogen) atoms. The Morgan fingerprint density at radius 3 is 2.82 bits per heavy atom. The van der Waals surface area contributed by atoms with E-state index in [1.165, 1.54) is 17.4 Å². The summed E-state index contributed by atoms with van der Waals surface area (Å²) in [5, 5.41) is 16.6. The van der Waals surface area contributed by atoms with Crippen molar-refractivity contribution in [3.8, 4) is 0 Å². The maximum absolute atomic E-state index is 14.7. The van der Waals surface area contributed by atoms with E-state index >= 15 is 0 Å². The number of thiazole rings is 1. The van der Waals surface area contributed by atoms with Crippen molar-refractivity contribution in [2.24, 2.45) is 4.99 Å². The van der Waals surface area contributed by atoms with Gasteiger partial charge >= 0.3 is 11.9 Å². The quantitative estimate of drug-likeness (QED) is 0.378. The molecule has 2 N–H and O–H groups in total. The molecule has 2 fully saturated rings. The van der Waals surface area contributed by atoms with Crippen LogP contribution in [0.15, 0.2) is 46.0 Å². The van der Waals surface area contributed by atoms with Gasteiger partial charge in [-0.25, -0.2) is 14.2 Å². The van der Waals surface area contributed by atoms with Crippen LogP contribution in [0.4, 0.5) is 4.39 Å². The van der Waals surface area contributed by atoms with E-state index < -0.39 is 29.8 Å². The van der Waals surface area contributed by atoms with Crippen LogP contribution < -0.4 is 5.32 Å². The molecule has 5 rings (SSSR count). The monoisotopic (exact) mass is 572 g/mol. The minimum absolute atomic E-state index is 0.112. The largest absolute Gasteiger partial charge is 0.480 e. The third-order valence-corrected chi connectivity index (χ3v) is 8.62. The molecule has 4 heterocycles. The molecule has 206 valence electrons. The van der Waals surface area contributed by atoms with Crippen LogP contribution in [0.3, 0.4) is 0 Å². The van der Waals surface area contributed by atoms with Crippen molar-refractivity contribution in [1.82, 2.24) is 25.0 Å². The fraction of sp³-hybridized carbons (Fsp3) is 0.423. The van der Waals surface area contributed by atoms with Gasteiger partial charge in [0.15, 0.2) is 16.0 Å². The number of aliphatic imine (C=N–C) groups is 1. The topological polar surface area (TPSA) is 111 Å². The lowest BCUT2D eigenvalue weighted by molar-refractivity contribution is -0.146. The molecule has 0 bridgehead atoms. The first-order valence-electron chi connectivity index (χ1n) is 12.6. The highest BCUT2D eigenvalue weighted by Crippen LogP contribution is 2.36. The molecule has 0 amide bonds. The number of nitrogens with one attached hydrogen (secondary N) is 1. The van der Waals surface area contributed by atoms with Gasteiger partial charge in [0, 0.05) is 50.5 Å². The number of carbonyl (C=O) groups is 2. The Hall–Kier alpha value is -3.42. The molecule has 3 aliphatic rings. The predicted molar refractivity (Wildman–Crippen MR) is 148 cm³/mol. The molecule has 2 aromatic rings. The highest BCUT2D eigenvalue weighted by molar-refractivity contribution is 7.80. The molecule has 3 atom stereocenters. The minimum atomic E-state index is -0.969. The zero-order valence-corrected chi connectivity index (χ0v) is 23.4. The highest BCUT2D eigenvalue weighted by Gasteiger charge is 2.47. The summed E-state index contributed by atoms with van der Waals surface area (Å²) in [4.78, 5) is 40.9. The molecule has 0 spiro atoms. The van der Waals surface area contributed by atoms with E-state index in [0.29, 0.717) is 52.4 Å². The average Bonchev–Trinajstić information content (AvgIpc) is 3.53. The van der Waals surface area contributed by atoms with E-state index in [4.69, 9.17) is 21.9 Å². The Morgan fingerprint density at radius 1 is 1.33 bits per heavy atom. The first-order valence-corrected chi connectivity index (χ1v) is 13.9. The number of hydrogen-bond donors (Lipinski definition) is 2. The predicted octanol–water partition coefficient (Wildman–Crippen LogP) is 2.17. The number of carbonyl (C=O) groups excluding carboxylic acids is 1. The summed E-state index contributed by atoms with van der Waals surface area (Å²) in [5.74, 6) is -1.55. The number of esters is 1. The summed E-state index contributed by atoms with van der Waals surface area (Å²) >= 11 is 6.89. The SMILES string of the molecule is CCOC(=O)C1=C(CN2CCN3C(=S)N(C)C[C@H]3C2C(=O)O)NC(c2nccs2)=NC1c1cccc(F)c1C. The molecule has 2 saturated heterocycles. The minimum Gasteiger partial charge on any atom is -0.480 e. The highest BCUT2D eigenvalue weighted by atomic mass is 32.1. The second-order valence-electron chi connectivity index (χ2n) is 9.59. The molecule has 0 radical (unpaired) electrons. The van der Waals surface area contributed by atoms with Gasteiger partial charge in [0.2, 0.25) is 0 Å². The summed E-state index contributed by atoms with van der Waals surface area (Å²) < 4.78 is 20.1. The maximum Gasteiger partial charge on any atom is 0.338 e. The second-order valence-corrected chi connectivity index (χ2v) is 10.8. The van der Waals surface area contributed by atoms with Crippen molar-refractivity contribution in [3.63, 3.8) is 0 Å². The van der Waals surface area contributed by atoms with E-state index in [0.717, 1.165) is 0 Å². The normalized spacial score (nSPS) is 23.4. The van der Waals surface area contributed by atoms with E-state index in [1.54, 1.807) is 32.2 Å². The third kappa shape index (κ3) is 5.01. The number of likely N-dealkylation sites (N-methyl/N-ethyl adjacent to an activating group) is 1. The Morgan fingerprint density at radius 2 is 2.13 bits per heavy atom. The Balaban J connectivity index is 1.60. The Kier molecular flexibility index (Phi) is 7.65. The molecule has 2 unspecified atom stereocenters. The lowest BCUT2D eigenvalue weighted by Crippen LogP contribution is -2.62. The van der Waals surface area contributed by atoms with Gasteiger partial charge in [-0.05, 0) is 43.3 Å². The molecule has 0 aliphatic carbocycles. The van der Waals surface area contributed by atoms with Crippen LogP contribution >= 0.6 is 23.6 Å². The number of halogens is 1. The summed E-state index contributed by atoms with van der Waals surface area (Å²) in [7, 11) is 1.86. The molecule has 0 saturated carbocycles. The van der Waals surface area contributed by atoms with Crippen molar-refractivity contribution in [1.29, 1.82) is 0 Å². The van der Waals surface area contributed by atoms with Crippen molar-refractivity contribution in [2.75, 3.05) is 39.8 Å². The first kappa shape index (κ1) is 27.2. The van der Waals surface area contributed by atoms with Crippen LogP contribution in [-0.2, 0) is 14.3 Å². The standard InChI is InChI=1S/C26H29FN6O4S2/c1-4-37-25(36)19-17(12-32-9-10-33-18(21(32)24(34)35)13-31(3)26(33)38)29-22(23-28-8-11-39-23)30-20(19)15-6-5-7-16(27)14(15)2/h5-8,11,18,20-21H,4,9-10,12-13H2,1-3H3,(H,29,30)(H,34,35)/t18-,20?,21?/m0/s1. The van der Waals surface area contributed by atoms with E-state index in [9.17, 15) is 19.1 Å². The van der Waals surface area contributed by atoms with E-state index in [-0.39, 0.29) is 24.8 Å². The lowest BCUT2D eigenvalue weighted by Gasteiger charge is -2.43. The number of fused-ring (bicyclic) bond motifs is 1. The number of nitrogens with zero attached hydrogens (tertiary/aromatic N) is 5. The molecule has 3 aliphatic heterocycles. The maximum atomic E-state index is 14.7. The van der Waals surface area contributed by atoms with Gasteiger partial charge in [0.25, 0.3) is 0 Å². The van der Waals surface area contributed by atoms with Gasteiger partial charge in [0.05, 0.1) is 18.2 Å². The van der Waals surface area contributed by atoms with Crippen LogP contribution in [0.2, 0.25) is 0 Å².